The summed E-state index contributed by atoms with van der Waals surface area (Å²) in [6, 6.07) is 14.9. The highest BCUT2D eigenvalue weighted by molar-refractivity contribution is 7.89. The Bertz CT molecular complexity index is 974. The van der Waals surface area contributed by atoms with Crippen molar-refractivity contribution in [2.75, 3.05) is 6.54 Å². The van der Waals surface area contributed by atoms with Crippen molar-refractivity contribution in [2.24, 2.45) is 0 Å². The molecule has 0 aliphatic rings. The average molecular weight is 357 g/mol. The fourth-order valence-electron chi connectivity index (χ4n) is 2.89. The number of nitrogens with zero attached hydrogens (tertiary/aromatic N) is 2. The first-order valence-corrected chi connectivity index (χ1v) is 9.88. The molecule has 0 fully saturated rings. The molecule has 2 aromatic carbocycles. The van der Waals surface area contributed by atoms with Crippen molar-refractivity contribution >= 4 is 21.1 Å². The molecule has 25 heavy (non-hydrogen) atoms. The molecule has 6 heteroatoms. The van der Waals surface area contributed by atoms with Crippen molar-refractivity contribution in [1.29, 1.82) is 0 Å². The SMILES string of the molecule is Cc1nc2ccccc2n1CCNS(=O)(=O)c1ccc(C(C)C)cc1. The zero-order chi connectivity index (χ0) is 18.0. The first-order chi connectivity index (χ1) is 11.9. The second kappa shape index (κ2) is 6.98. The average Bonchev–Trinajstić information content (AvgIpc) is 2.90. The first-order valence-electron chi connectivity index (χ1n) is 8.40. The zero-order valence-corrected chi connectivity index (χ0v) is 15.5. The van der Waals surface area contributed by atoms with Crippen LogP contribution in [0.25, 0.3) is 11.0 Å². The number of nitrogens with one attached hydrogen (secondary N) is 1. The van der Waals surface area contributed by atoms with Crippen LogP contribution >= 0.6 is 0 Å². The van der Waals surface area contributed by atoms with E-state index in [0.717, 1.165) is 22.4 Å². The lowest BCUT2D eigenvalue weighted by Gasteiger charge is -2.11. The van der Waals surface area contributed by atoms with E-state index in [9.17, 15) is 8.42 Å². The third-order valence-corrected chi connectivity index (χ3v) is 5.81. The maximum absolute atomic E-state index is 12.5. The Balaban J connectivity index is 1.71. The summed E-state index contributed by atoms with van der Waals surface area (Å²) in [6.07, 6.45) is 0. The molecule has 1 heterocycles. The molecule has 3 rings (SSSR count). The molecule has 0 saturated heterocycles. The molecule has 0 bridgehead atoms. The third-order valence-electron chi connectivity index (χ3n) is 4.33. The number of rotatable bonds is 6. The minimum atomic E-state index is -3.51. The van der Waals surface area contributed by atoms with Gasteiger partial charge in [-0.05, 0) is 42.7 Å². The quantitative estimate of drug-likeness (QED) is 0.735. The molecular formula is C19H23N3O2S. The fraction of sp³-hybridized carbons (Fsp3) is 0.316. The predicted octanol–water partition coefficient (Wildman–Crippen LogP) is 3.45. The number of sulfonamides is 1. The van der Waals surface area contributed by atoms with E-state index in [1.54, 1.807) is 12.1 Å². The minimum Gasteiger partial charge on any atom is -0.327 e. The van der Waals surface area contributed by atoms with Crippen LogP contribution in [0.1, 0.15) is 31.2 Å². The van der Waals surface area contributed by atoms with E-state index in [2.05, 4.69) is 23.6 Å². The normalized spacial score (nSPS) is 12.2. The zero-order valence-electron chi connectivity index (χ0n) is 14.7. The van der Waals surface area contributed by atoms with Crippen LogP contribution in [0.3, 0.4) is 0 Å². The standard InChI is InChI=1S/C19H23N3O2S/c1-14(2)16-8-10-17(11-9-16)25(23,24)20-12-13-22-15(3)21-18-6-4-5-7-19(18)22/h4-11,14,20H,12-13H2,1-3H3. The van der Waals surface area contributed by atoms with Gasteiger partial charge in [0.2, 0.25) is 10.0 Å². The van der Waals surface area contributed by atoms with Gasteiger partial charge in [0.05, 0.1) is 15.9 Å². The smallest absolute Gasteiger partial charge is 0.240 e. The monoisotopic (exact) mass is 357 g/mol. The molecule has 0 unspecified atom stereocenters. The van der Waals surface area contributed by atoms with Crippen LogP contribution in [0.4, 0.5) is 0 Å². The lowest BCUT2D eigenvalue weighted by Crippen LogP contribution is -2.27. The molecule has 1 aromatic heterocycles. The van der Waals surface area contributed by atoms with E-state index in [-0.39, 0.29) is 0 Å². The summed E-state index contributed by atoms with van der Waals surface area (Å²) in [5.41, 5.74) is 3.06. The van der Waals surface area contributed by atoms with Crippen LogP contribution < -0.4 is 4.72 Å². The van der Waals surface area contributed by atoms with Gasteiger partial charge in [-0.2, -0.15) is 0 Å². The van der Waals surface area contributed by atoms with Gasteiger partial charge in [0.25, 0.3) is 0 Å². The summed E-state index contributed by atoms with van der Waals surface area (Å²) in [4.78, 5) is 4.79. The first kappa shape index (κ1) is 17.6. The van der Waals surface area contributed by atoms with Crippen molar-refractivity contribution in [1.82, 2.24) is 14.3 Å². The molecule has 3 aromatic rings. The summed E-state index contributed by atoms with van der Waals surface area (Å²) in [5.74, 6) is 1.25. The molecule has 0 aliphatic heterocycles. The summed E-state index contributed by atoms with van der Waals surface area (Å²) >= 11 is 0. The molecule has 0 atom stereocenters. The van der Waals surface area contributed by atoms with Gasteiger partial charge in [0, 0.05) is 13.1 Å². The second-order valence-corrected chi connectivity index (χ2v) is 8.19. The summed E-state index contributed by atoms with van der Waals surface area (Å²) in [7, 11) is -3.51. The summed E-state index contributed by atoms with van der Waals surface area (Å²) in [5, 5.41) is 0. The van der Waals surface area contributed by atoms with Gasteiger partial charge < -0.3 is 4.57 Å². The van der Waals surface area contributed by atoms with Crippen molar-refractivity contribution in [3.05, 3.63) is 59.9 Å². The van der Waals surface area contributed by atoms with Gasteiger partial charge in [-0.25, -0.2) is 18.1 Å². The van der Waals surface area contributed by atoms with E-state index < -0.39 is 10.0 Å². The number of benzene rings is 2. The molecule has 0 amide bonds. The Morgan fingerprint density at radius 1 is 1.08 bits per heavy atom. The van der Waals surface area contributed by atoms with Gasteiger partial charge in [-0.3, -0.25) is 0 Å². The molecule has 1 N–H and O–H groups in total. The van der Waals surface area contributed by atoms with E-state index >= 15 is 0 Å². The summed E-state index contributed by atoms with van der Waals surface area (Å²) < 4.78 is 29.6. The number of aromatic nitrogens is 2. The van der Waals surface area contributed by atoms with E-state index in [1.807, 2.05) is 47.9 Å². The van der Waals surface area contributed by atoms with E-state index in [0.29, 0.717) is 23.9 Å². The van der Waals surface area contributed by atoms with Crippen LogP contribution in [0, 0.1) is 6.92 Å². The fourth-order valence-corrected chi connectivity index (χ4v) is 3.91. The van der Waals surface area contributed by atoms with Crippen molar-refractivity contribution in [2.45, 2.75) is 38.1 Å². The highest BCUT2D eigenvalue weighted by Gasteiger charge is 2.14. The van der Waals surface area contributed by atoms with Gasteiger partial charge in [-0.1, -0.05) is 38.1 Å². The number of fused-ring (bicyclic) bond motifs is 1. The third kappa shape index (κ3) is 3.75. The number of hydrogen-bond acceptors (Lipinski definition) is 3. The minimum absolute atomic E-state index is 0.295. The molecule has 0 radical (unpaired) electrons. The van der Waals surface area contributed by atoms with Gasteiger partial charge in [0.1, 0.15) is 5.82 Å². The van der Waals surface area contributed by atoms with Gasteiger partial charge in [0.15, 0.2) is 0 Å². The van der Waals surface area contributed by atoms with E-state index in [4.69, 9.17) is 0 Å². The highest BCUT2D eigenvalue weighted by atomic mass is 32.2. The molecule has 132 valence electrons. The molecule has 0 saturated carbocycles. The number of imidazole rings is 1. The topological polar surface area (TPSA) is 64.0 Å². The Labute approximate surface area is 148 Å². The van der Waals surface area contributed by atoms with Crippen molar-refractivity contribution in [3.63, 3.8) is 0 Å². The maximum atomic E-state index is 12.5. The highest BCUT2D eigenvalue weighted by Crippen LogP contribution is 2.18. The molecule has 0 spiro atoms. The number of aryl methyl sites for hydroxylation is 1. The van der Waals surface area contributed by atoms with Crippen LogP contribution in [0.15, 0.2) is 53.4 Å². The van der Waals surface area contributed by atoms with Gasteiger partial charge >= 0.3 is 0 Å². The number of para-hydroxylation sites is 2. The second-order valence-electron chi connectivity index (χ2n) is 6.42. The maximum Gasteiger partial charge on any atom is 0.240 e. The van der Waals surface area contributed by atoms with E-state index in [1.165, 1.54) is 0 Å². The molecule has 0 aliphatic carbocycles. The molecular weight excluding hydrogens is 334 g/mol. The lowest BCUT2D eigenvalue weighted by molar-refractivity contribution is 0.572. The molecule has 5 nitrogen and oxygen atoms in total. The Morgan fingerprint density at radius 3 is 2.44 bits per heavy atom. The van der Waals surface area contributed by atoms with Crippen molar-refractivity contribution in [3.8, 4) is 0 Å². The number of hydrogen-bond donors (Lipinski definition) is 1. The summed E-state index contributed by atoms with van der Waals surface area (Å²) in [6.45, 7) is 6.95. The van der Waals surface area contributed by atoms with Crippen LogP contribution in [-0.2, 0) is 16.6 Å². The lowest BCUT2D eigenvalue weighted by atomic mass is 10.0. The Kier molecular flexibility index (Phi) is 4.92. The predicted molar refractivity (Wildman–Crippen MR) is 100 cm³/mol. The Hall–Kier alpha value is -2.18. The Morgan fingerprint density at radius 2 is 1.76 bits per heavy atom. The van der Waals surface area contributed by atoms with Gasteiger partial charge in [-0.15, -0.1) is 0 Å². The van der Waals surface area contributed by atoms with Crippen LogP contribution in [0.2, 0.25) is 0 Å². The van der Waals surface area contributed by atoms with Crippen LogP contribution in [-0.4, -0.2) is 24.5 Å². The van der Waals surface area contributed by atoms with Crippen LogP contribution in [0.5, 0.6) is 0 Å². The largest absolute Gasteiger partial charge is 0.327 e. The van der Waals surface area contributed by atoms with Crippen molar-refractivity contribution < 1.29 is 8.42 Å².